The van der Waals surface area contributed by atoms with Gasteiger partial charge < -0.3 is 10.1 Å². The van der Waals surface area contributed by atoms with Crippen molar-refractivity contribution in [3.05, 3.63) is 77.0 Å². The molecule has 0 heterocycles. The van der Waals surface area contributed by atoms with Crippen molar-refractivity contribution in [1.82, 2.24) is 5.32 Å². The number of benzene rings is 1. The summed E-state index contributed by atoms with van der Waals surface area (Å²) in [6.07, 6.45) is 8.62. The Morgan fingerprint density at radius 1 is 1.46 bits per heavy atom. The molecule has 0 atom stereocenters. The fourth-order valence-corrected chi connectivity index (χ4v) is 2.08. The first-order valence-electron chi connectivity index (χ1n) is 7.47. The van der Waals surface area contributed by atoms with Gasteiger partial charge in [0.15, 0.2) is 0 Å². The van der Waals surface area contributed by atoms with Crippen molar-refractivity contribution in [2.24, 2.45) is 5.11 Å². The van der Waals surface area contributed by atoms with Crippen LogP contribution in [0.2, 0.25) is 5.02 Å². The zero-order valence-electron chi connectivity index (χ0n) is 14.0. The number of nitrogens with one attached hydrogen (secondary N) is 2. The van der Waals surface area contributed by atoms with Crippen molar-refractivity contribution >= 4 is 17.5 Å². The van der Waals surface area contributed by atoms with Gasteiger partial charge in [-0.2, -0.15) is 13.9 Å². The Balaban J connectivity index is 2.88. The van der Waals surface area contributed by atoms with Gasteiger partial charge in [-0.15, -0.1) is 0 Å². The zero-order valence-corrected chi connectivity index (χ0v) is 14.8. The van der Waals surface area contributed by atoms with E-state index in [1.54, 1.807) is 18.2 Å². The van der Waals surface area contributed by atoms with Crippen molar-refractivity contribution < 1.29 is 18.3 Å². The molecule has 0 saturated carbocycles. The van der Waals surface area contributed by atoms with Crippen LogP contribution in [-0.4, -0.2) is 19.1 Å². The summed E-state index contributed by atoms with van der Waals surface area (Å²) >= 11 is 5.83. The van der Waals surface area contributed by atoms with Gasteiger partial charge in [-0.1, -0.05) is 48.6 Å². The highest BCUT2D eigenvalue weighted by Crippen LogP contribution is 2.26. The molecule has 0 spiro atoms. The Kier molecular flexibility index (Phi) is 8.94. The summed E-state index contributed by atoms with van der Waals surface area (Å²) in [6.45, 7) is 2.49. The molecule has 0 saturated heterocycles. The van der Waals surface area contributed by atoms with Crippen LogP contribution >= 0.6 is 11.6 Å². The van der Waals surface area contributed by atoms with Crippen LogP contribution in [0.3, 0.4) is 0 Å². The third kappa shape index (κ3) is 6.60. The lowest BCUT2D eigenvalue weighted by Crippen LogP contribution is -2.25. The summed E-state index contributed by atoms with van der Waals surface area (Å²) in [5.74, 6) is -0.722. The maximum Gasteiger partial charge on any atom is 0.387 e. The van der Waals surface area contributed by atoms with Gasteiger partial charge in [0.25, 0.3) is 5.91 Å². The number of ether oxygens (including phenoxy) is 1. The number of alkyl halides is 2. The summed E-state index contributed by atoms with van der Waals surface area (Å²) in [7, 11) is 0. The highest BCUT2D eigenvalue weighted by atomic mass is 35.5. The fourth-order valence-electron chi connectivity index (χ4n) is 1.86. The minimum Gasteiger partial charge on any atom is -0.433 e. The fraction of sp³-hybridized carbons (Fsp3) is 0.167. The Bertz CT molecular complexity index is 759. The van der Waals surface area contributed by atoms with Crippen LogP contribution in [0.15, 0.2) is 71.5 Å². The molecule has 0 aromatic heterocycles. The number of hydrogen-bond acceptors (Lipinski definition) is 4. The van der Waals surface area contributed by atoms with Gasteiger partial charge in [0, 0.05) is 5.56 Å². The van der Waals surface area contributed by atoms with Crippen molar-refractivity contribution in [2.75, 3.05) is 6.54 Å². The predicted octanol–water partition coefficient (Wildman–Crippen LogP) is 5.27. The molecule has 1 aromatic carbocycles. The third-order valence-corrected chi connectivity index (χ3v) is 3.39. The molecule has 1 rings (SSSR count). The molecule has 0 aliphatic carbocycles. The summed E-state index contributed by atoms with van der Waals surface area (Å²) in [6, 6.07) is 3.71. The molecule has 0 unspecified atom stereocenters. The second-order valence-electron chi connectivity index (χ2n) is 4.81. The summed E-state index contributed by atoms with van der Waals surface area (Å²) in [5.41, 5.74) is 8.30. The van der Waals surface area contributed by atoms with Gasteiger partial charge in [0.1, 0.15) is 5.75 Å². The van der Waals surface area contributed by atoms with Crippen LogP contribution in [0.1, 0.15) is 17.3 Å². The van der Waals surface area contributed by atoms with Crippen molar-refractivity contribution in [3.63, 3.8) is 0 Å². The highest BCUT2D eigenvalue weighted by molar-refractivity contribution is 6.32. The lowest BCUT2D eigenvalue weighted by Gasteiger charge is -2.09. The Labute approximate surface area is 155 Å². The highest BCUT2D eigenvalue weighted by Gasteiger charge is 2.13. The van der Waals surface area contributed by atoms with Crippen LogP contribution in [0.4, 0.5) is 8.78 Å². The largest absolute Gasteiger partial charge is 0.433 e. The lowest BCUT2D eigenvalue weighted by atomic mass is 10.1. The zero-order chi connectivity index (χ0) is 19.5. The average Bonchev–Trinajstić information content (AvgIpc) is 2.61. The van der Waals surface area contributed by atoms with E-state index in [2.05, 4.69) is 21.7 Å². The maximum atomic E-state index is 12.2. The lowest BCUT2D eigenvalue weighted by molar-refractivity contribution is -0.0497. The SMILES string of the molecule is C=CC(/C=C\C=C/C)=C(/CNC(=O)c1ccc(OC(F)F)c(Cl)c1)N=N. The van der Waals surface area contributed by atoms with Crippen molar-refractivity contribution in [2.45, 2.75) is 13.5 Å². The van der Waals surface area contributed by atoms with E-state index in [0.29, 0.717) is 11.3 Å². The molecule has 138 valence electrons. The van der Waals surface area contributed by atoms with Gasteiger partial charge >= 0.3 is 6.61 Å². The van der Waals surface area contributed by atoms with E-state index in [1.807, 2.05) is 13.0 Å². The summed E-state index contributed by atoms with van der Waals surface area (Å²) < 4.78 is 28.7. The van der Waals surface area contributed by atoms with Gasteiger partial charge in [-0.3, -0.25) is 4.79 Å². The first kappa shape index (κ1) is 21.2. The van der Waals surface area contributed by atoms with Gasteiger partial charge in [-0.25, -0.2) is 5.53 Å². The molecule has 0 aliphatic rings. The monoisotopic (exact) mass is 381 g/mol. The molecule has 0 fully saturated rings. The average molecular weight is 382 g/mol. The van der Waals surface area contributed by atoms with E-state index < -0.39 is 12.5 Å². The number of carbonyl (C=O) groups is 1. The predicted molar refractivity (Wildman–Crippen MR) is 96.7 cm³/mol. The van der Waals surface area contributed by atoms with E-state index in [9.17, 15) is 13.6 Å². The van der Waals surface area contributed by atoms with Crippen LogP contribution < -0.4 is 10.1 Å². The summed E-state index contributed by atoms with van der Waals surface area (Å²) in [5, 5.41) is 5.88. The molecule has 1 aromatic rings. The van der Waals surface area contributed by atoms with E-state index in [0.717, 1.165) is 0 Å². The topological polar surface area (TPSA) is 74.5 Å². The van der Waals surface area contributed by atoms with E-state index in [-0.39, 0.29) is 22.9 Å². The number of carbonyl (C=O) groups excluding carboxylic acids is 1. The molecule has 26 heavy (non-hydrogen) atoms. The molecule has 0 radical (unpaired) electrons. The van der Waals surface area contributed by atoms with E-state index in [4.69, 9.17) is 17.1 Å². The quantitative estimate of drug-likeness (QED) is 0.451. The minimum absolute atomic E-state index is 0.0171. The number of allylic oxidation sites excluding steroid dienone is 6. The van der Waals surface area contributed by atoms with Gasteiger partial charge in [0.05, 0.1) is 17.3 Å². The van der Waals surface area contributed by atoms with Crippen molar-refractivity contribution in [1.29, 1.82) is 5.53 Å². The van der Waals surface area contributed by atoms with Gasteiger partial charge in [-0.05, 0) is 30.7 Å². The minimum atomic E-state index is -3.01. The Morgan fingerprint density at radius 2 is 2.19 bits per heavy atom. The number of hydrogen-bond donors (Lipinski definition) is 2. The van der Waals surface area contributed by atoms with E-state index >= 15 is 0 Å². The molecule has 5 nitrogen and oxygen atoms in total. The molecule has 0 bridgehead atoms. The second-order valence-corrected chi connectivity index (χ2v) is 5.22. The molecule has 1 amide bonds. The van der Waals surface area contributed by atoms with Crippen molar-refractivity contribution in [3.8, 4) is 5.75 Å². The number of nitrogens with zero attached hydrogens (tertiary/aromatic N) is 1. The first-order valence-corrected chi connectivity index (χ1v) is 7.85. The van der Waals surface area contributed by atoms with E-state index in [1.165, 1.54) is 24.3 Å². The molecule has 0 aliphatic heterocycles. The van der Waals surface area contributed by atoms with Crippen LogP contribution in [-0.2, 0) is 0 Å². The Hall–Kier alpha value is -2.80. The first-order chi connectivity index (χ1) is 12.4. The molecule has 2 N–H and O–H groups in total. The molecular formula is C18H18ClF2N3O2. The van der Waals surface area contributed by atoms with Gasteiger partial charge in [0.2, 0.25) is 0 Å². The molecular weight excluding hydrogens is 364 g/mol. The third-order valence-electron chi connectivity index (χ3n) is 3.09. The van der Waals surface area contributed by atoms with Crippen LogP contribution in [0.5, 0.6) is 5.75 Å². The maximum absolute atomic E-state index is 12.2. The van der Waals surface area contributed by atoms with Crippen LogP contribution in [0, 0.1) is 5.53 Å². The number of amides is 1. The number of halogens is 3. The standard InChI is InChI=1S/C18H18ClF2N3O2/c1-3-5-6-7-12(4-2)15(24-22)11-23-17(25)13-8-9-16(14(19)10-13)26-18(20)21/h3-10,18,22H,2,11H2,1H3,(H,23,25)/b5-3-,7-6-,15-12+,24-22?. The normalized spacial score (nSPS) is 12.3. The smallest absolute Gasteiger partial charge is 0.387 e. The number of rotatable bonds is 9. The molecule has 8 heteroatoms. The van der Waals surface area contributed by atoms with Crippen LogP contribution in [0.25, 0.3) is 0 Å². The summed E-state index contributed by atoms with van der Waals surface area (Å²) in [4.78, 5) is 12.2. The Morgan fingerprint density at radius 3 is 2.73 bits per heavy atom. The second kappa shape index (κ2) is 10.9.